The van der Waals surface area contributed by atoms with E-state index in [4.69, 9.17) is 9.47 Å². The SMILES string of the molecule is CC[C@@H]1C[C@H](N(Cc2cc(C(F)(F)F)cc(C(F)(F)F)c2)c2ncc(OC)cn2)C[C@H](Cc2ccccc2)N1C(=O)OC(C)(C)C. The third kappa shape index (κ3) is 8.82. The first kappa shape index (κ1) is 34.8. The van der Waals surface area contributed by atoms with Crippen molar-refractivity contribution in [3.63, 3.8) is 0 Å². The lowest BCUT2D eigenvalue weighted by Gasteiger charge is -2.48. The van der Waals surface area contributed by atoms with Gasteiger partial charge in [0, 0.05) is 24.7 Å². The van der Waals surface area contributed by atoms with Crippen molar-refractivity contribution >= 4 is 12.0 Å². The van der Waals surface area contributed by atoms with E-state index in [0.29, 0.717) is 31.4 Å². The number of nitrogens with zero attached hydrogens (tertiary/aromatic N) is 4. The molecular weight excluding hydrogens is 614 g/mol. The van der Waals surface area contributed by atoms with E-state index in [9.17, 15) is 31.1 Å². The summed E-state index contributed by atoms with van der Waals surface area (Å²) in [7, 11) is 1.42. The van der Waals surface area contributed by atoms with Gasteiger partial charge in [0.2, 0.25) is 5.95 Å². The van der Waals surface area contributed by atoms with Gasteiger partial charge in [0.15, 0.2) is 5.75 Å². The van der Waals surface area contributed by atoms with Gasteiger partial charge in [-0.05, 0) is 75.8 Å². The van der Waals surface area contributed by atoms with Crippen molar-refractivity contribution in [1.29, 1.82) is 0 Å². The number of hydrogen-bond donors (Lipinski definition) is 0. The van der Waals surface area contributed by atoms with E-state index in [2.05, 4.69) is 9.97 Å². The highest BCUT2D eigenvalue weighted by Gasteiger charge is 2.43. The number of ether oxygens (including phenoxy) is 2. The Hall–Kier alpha value is -4.03. The van der Waals surface area contributed by atoms with Crippen LogP contribution in [0.15, 0.2) is 60.9 Å². The topological polar surface area (TPSA) is 67.8 Å². The van der Waals surface area contributed by atoms with Gasteiger partial charge in [-0.2, -0.15) is 26.3 Å². The minimum absolute atomic E-state index is 0.107. The van der Waals surface area contributed by atoms with Crippen LogP contribution in [0.4, 0.5) is 37.1 Å². The summed E-state index contributed by atoms with van der Waals surface area (Å²) >= 11 is 0. The number of halogens is 6. The number of amides is 1. The molecule has 0 saturated carbocycles. The van der Waals surface area contributed by atoms with Crippen molar-refractivity contribution in [3.8, 4) is 5.75 Å². The molecule has 2 heterocycles. The first-order valence-corrected chi connectivity index (χ1v) is 14.9. The summed E-state index contributed by atoms with van der Waals surface area (Å²) in [4.78, 5) is 25.7. The molecule has 1 aliphatic heterocycles. The van der Waals surface area contributed by atoms with Crippen LogP contribution in [0.2, 0.25) is 0 Å². The van der Waals surface area contributed by atoms with E-state index in [1.54, 1.807) is 30.6 Å². The van der Waals surface area contributed by atoms with Gasteiger partial charge < -0.3 is 19.3 Å². The number of carbonyl (C=O) groups is 1. The zero-order valence-corrected chi connectivity index (χ0v) is 26.3. The maximum absolute atomic E-state index is 13.8. The zero-order chi connectivity index (χ0) is 33.9. The number of rotatable bonds is 8. The van der Waals surface area contributed by atoms with Crippen LogP contribution >= 0.6 is 0 Å². The van der Waals surface area contributed by atoms with Crippen molar-refractivity contribution in [1.82, 2.24) is 14.9 Å². The van der Waals surface area contributed by atoms with Crippen molar-refractivity contribution in [2.24, 2.45) is 0 Å². The van der Waals surface area contributed by atoms with Crippen LogP contribution in [-0.4, -0.2) is 51.8 Å². The molecule has 0 N–H and O–H groups in total. The van der Waals surface area contributed by atoms with Crippen molar-refractivity contribution < 1.29 is 40.6 Å². The van der Waals surface area contributed by atoms with Gasteiger partial charge in [-0.15, -0.1) is 0 Å². The molecule has 7 nitrogen and oxygen atoms in total. The van der Waals surface area contributed by atoms with Crippen LogP contribution in [0, 0.1) is 0 Å². The average molecular weight is 653 g/mol. The van der Waals surface area contributed by atoms with E-state index in [0.717, 1.165) is 17.7 Å². The van der Waals surface area contributed by atoms with Crippen LogP contribution < -0.4 is 9.64 Å². The fourth-order valence-electron chi connectivity index (χ4n) is 5.78. The Labute approximate surface area is 264 Å². The number of methoxy groups -OCH3 is 1. The van der Waals surface area contributed by atoms with Crippen LogP contribution in [0.5, 0.6) is 5.75 Å². The Kier molecular flexibility index (Phi) is 10.4. The number of aromatic nitrogens is 2. The Balaban J connectivity index is 1.80. The number of likely N-dealkylation sites (tertiary alicyclic amines) is 1. The zero-order valence-electron chi connectivity index (χ0n) is 26.3. The molecular formula is C33H38F6N4O3. The molecule has 46 heavy (non-hydrogen) atoms. The fraction of sp³-hybridized carbons (Fsp3) is 0.485. The van der Waals surface area contributed by atoms with Gasteiger partial charge >= 0.3 is 18.4 Å². The number of benzene rings is 2. The first-order chi connectivity index (χ1) is 21.5. The Bertz CT molecular complexity index is 1430. The molecule has 0 unspecified atom stereocenters. The molecule has 13 heteroatoms. The van der Waals surface area contributed by atoms with Crippen molar-refractivity contribution in [2.75, 3.05) is 12.0 Å². The highest BCUT2D eigenvalue weighted by atomic mass is 19.4. The molecule has 1 amide bonds. The molecule has 0 aliphatic carbocycles. The maximum atomic E-state index is 13.8. The van der Waals surface area contributed by atoms with Gasteiger partial charge in [0.1, 0.15) is 5.60 Å². The Morgan fingerprint density at radius 3 is 1.96 bits per heavy atom. The molecule has 1 aromatic heterocycles. The number of carbonyl (C=O) groups excluding carboxylic acids is 1. The molecule has 2 aromatic carbocycles. The summed E-state index contributed by atoms with van der Waals surface area (Å²) in [5, 5.41) is 0. The normalized spacial score (nSPS) is 19.1. The van der Waals surface area contributed by atoms with Gasteiger partial charge in [-0.25, -0.2) is 14.8 Å². The highest BCUT2D eigenvalue weighted by Crippen LogP contribution is 2.38. The molecule has 3 aromatic rings. The smallest absolute Gasteiger partial charge is 0.416 e. The number of hydrogen-bond acceptors (Lipinski definition) is 6. The molecule has 0 bridgehead atoms. The fourth-order valence-corrected chi connectivity index (χ4v) is 5.78. The van der Waals surface area contributed by atoms with Crippen molar-refractivity contribution in [3.05, 3.63) is 83.2 Å². The monoisotopic (exact) mass is 652 g/mol. The first-order valence-electron chi connectivity index (χ1n) is 14.9. The highest BCUT2D eigenvalue weighted by molar-refractivity contribution is 5.69. The largest absolute Gasteiger partial charge is 0.494 e. The minimum atomic E-state index is -5.00. The van der Waals surface area contributed by atoms with Crippen LogP contribution in [0.25, 0.3) is 0 Å². The number of piperidine rings is 1. The molecule has 0 spiro atoms. The lowest BCUT2D eigenvalue weighted by Crippen LogP contribution is -2.58. The van der Waals surface area contributed by atoms with Crippen LogP contribution in [-0.2, 0) is 30.1 Å². The standard InChI is InChI=1S/C33H38F6N4O3/c1-6-25-16-26(17-27(14-21-10-8-7-9-11-21)43(25)30(44)46-31(2,3)4)42(29-40-18-28(45-5)19-41-29)20-22-12-23(32(34,35)36)15-24(13-22)33(37,38)39/h7-13,15,18-19,25-27H,6,14,16-17,20H2,1-5H3/t25-,26+,27+/m1/s1. The molecule has 4 rings (SSSR count). The predicted molar refractivity (Wildman–Crippen MR) is 160 cm³/mol. The third-order valence-corrected chi connectivity index (χ3v) is 7.81. The van der Waals surface area contributed by atoms with Gasteiger partial charge in [-0.1, -0.05) is 37.3 Å². The molecule has 3 atom stereocenters. The van der Waals surface area contributed by atoms with Gasteiger partial charge in [0.25, 0.3) is 0 Å². The molecule has 1 aliphatic rings. The Morgan fingerprint density at radius 2 is 1.46 bits per heavy atom. The second-order valence-electron chi connectivity index (χ2n) is 12.4. The van der Waals surface area contributed by atoms with Gasteiger partial charge in [0.05, 0.1) is 30.6 Å². The molecule has 250 valence electrons. The third-order valence-electron chi connectivity index (χ3n) is 7.81. The quantitative estimate of drug-likeness (QED) is 0.228. The lowest BCUT2D eigenvalue weighted by molar-refractivity contribution is -0.143. The summed E-state index contributed by atoms with van der Waals surface area (Å²) in [6.07, 6.45) is -6.05. The van der Waals surface area contributed by atoms with E-state index >= 15 is 0 Å². The predicted octanol–water partition coefficient (Wildman–Crippen LogP) is 8.32. The second-order valence-corrected chi connectivity index (χ2v) is 12.4. The summed E-state index contributed by atoms with van der Waals surface area (Å²) < 4.78 is 93.5. The summed E-state index contributed by atoms with van der Waals surface area (Å²) in [5.41, 5.74) is -2.81. The van der Waals surface area contributed by atoms with E-state index in [-0.39, 0.29) is 30.2 Å². The van der Waals surface area contributed by atoms with E-state index in [1.165, 1.54) is 19.5 Å². The summed E-state index contributed by atoms with van der Waals surface area (Å²) in [5.74, 6) is 0.436. The minimum Gasteiger partial charge on any atom is -0.494 e. The number of alkyl halides is 6. The lowest BCUT2D eigenvalue weighted by atomic mass is 9.86. The van der Waals surface area contributed by atoms with Crippen LogP contribution in [0.3, 0.4) is 0 Å². The van der Waals surface area contributed by atoms with Crippen LogP contribution in [0.1, 0.15) is 69.2 Å². The molecule has 0 radical (unpaired) electrons. The Morgan fingerprint density at radius 1 is 0.891 bits per heavy atom. The van der Waals surface area contributed by atoms with E-state index < -0.39 is 47.3 Å². The second kappa shape index (κ2) is 13.8. The number of anilines is 1. The maximum Gasteiger partial charge on any atom is 0.416 e. The van der Waals surface area contributed by atoms with Crippen molar-refractivity contribution in [2.45, 2.75) is 96.0 Å². The average Bonchev–Trinajstić information content (AvgIpc) is 2.98. The van der Waals surface area contributed by atoms with E-state index in [1.807, 2.05) is 37.3 Å². The summed E-state index contributed by atoms with van der Waals surface area (Å²) in [6.45, 7) is 6.90. The molecule has 1 saturated heterocycles. The van der Waals surface area contributed by atoms with Gasteiger partial charge in [-0.3, -0.25) is 0 Å². The molecule has 1 fully saturated rings. The summed E-state index contributed by atoms with van der Waals surface area (Å²) in [6, 6.07) is 9.84.